The predicted molar refractivity (Wildman–Crippen MR) is 100 cm³/mol. The summed E-state index contributed by atoms with van der Waals surface area (Å²) in [5.41, 5.74) is 1.65. The van der Waals surface area contributed by atoms with Gasteiger partial charge in [0.2, 0.25) is 11.7 Å². The fourth-order valence-corrected chi connectivity index (χ4v) is 3.34. The van der Waals surface area contributed by atoms with Crippen LogP contribution in [-0.2, 0) is 16.1 Å². The van der Waals surface area contributed by atoms with Crippen molar-refractivity contribution in [3.05, 3.63) is 47.0 Å². The summed E-state index contributed by atoms with van der Waals surface area (Å²) in [4.78, 5) is 30.7. The summed E-state index contributed by atoms with van der Waals surface area (Å²) in [6, 6.07) is 7.46. The Bertz CT molecular complexity index is 822. The van der Waals surface area contributed by atoms with Gasteiger partial charge >= 0.3 is 5.97 Å². The Labute approximate surface area is 158 Å². The minimum Gasteiger partial charge on any atom is -0.463 e. The van der Waals surface area contributed by atoms with Crippen molar-refractivity contribution in [2.45, 2.75) is 33.2 Å². The number of aromatic nitrogens is 1. The number of ether oxygens (including phenoxy) is 1. The van der Waals surface area contributed by atoms with Crippen LogP contribution >= 0.6 is 0 Å². The van der Waals surface area contributed by atoms with Gasteiger partial charge in [-0.2, -0.15) is 0 Å². The van der Waals surface area contributed by atoms with Gasteiger partial charge in [0.15, 0.2) is 0 Å². The molecular weight excluding hydrogens is 346 g/mol. The van der Waals surface area contributed by atoms with E-state index in [-0.39, 0.29) is 17.6 Å². The highest BCUT2D eigenvalue weighted by molar-refractivity contribution is 5.91. The van der Waals surface area contributed by atoms with Gasteiger partial charge in [-0.05, 0) is 58.0 Å². The zero-order valence-electron chi connectivity index (χ0n) is 15.9. The molecule has 1 amide bonds. The highest BCUT2D eigenvalue weighted by Crippen LogP contribution is 2.23. The number of rotatable bonds is 5. The highest BCUT2D eigenvalue weighted by atomic mass is 16.5. The molecule has 144 valence electrons. The summed E-state index contributed by atoms with van der Waals surface area (Å²) in [6.07, 6.45) is 1.56. The molecule has 7 heteroatoms. The molecule has 3 rings (SSSR count). The summed E-state index contributed by atoms with van der Waals surface area (Å²) < 4.78 is 10.4. The lowest BCUT2D eigenvalue weighted by Gasteiger charge is -2.30. The first-order valence-corrected chi connectivity index (χ1v) is 9.10. The smallest absolute Gasteiger partial charge is 0.374 e. The Kier molecular flexibility index (Phi) is 5.91. The van der Waals surface area contributed by atoms with Crippen molar-refractivity contribution in [2.24, 2.45) is 5.92 Å². The van der Waals surface area contributed by atoms with E-state index in [1.807, 2.05) is 32.0 Å². The average Bonchev–Trinajstić information content (AvgIpc) is 3.02. The van der Waals surface area contributed by atoms with Crippen molar-refractivity contribution < 1.29 is 18.7 Å². The maximum Gasteiger partial charge on any atom is 0.374 e. The SMILES string of the molecule is COC(=O)c1oc(CN2CCC(C(=O)Nc3cccc(C)n3)CC2)cc1C. The van der Waals surface area contributed by atoms with Crippen LogP contribution in [0, 0.1) is 19.8 Å². The number of esters is 1. The van der Waals surface area contributed by atoms with E-state index in [2.05, 4.69) is 15.2 Å². The Hall–Kier alpha value is -2.67. The van der Waals surface area contributed by atoms with Crippen molar-refractivity contribution in [1.82, 2.24) is 9.88 Å². The number of hydrogen-bond acceptors (Lipinski definition) is 6. The van der Waals surface area contributed by atoms with Gasteiger partial charge in [0, 0.05) is 17.2 Å². The van der Waals surface area contributed by atoms with Crippen LogP contribution in [0.2, 0.25) is 0 Å². The molecule has 2 aromatic heterocycles. The Morgan fingerprint density at radius 3 is 2.70 bits per heavy atom. The van der Waals surface area contributed by atoms with Gasteiger partial charge in [0.1, 0.15) is 11.6 Å². The minimum atomic E-state index is -0.459. The van der Waals surface area contributed by atoms with E-state index < -0.39 is 5.97 Å². The van der Waals surface area contributed by atoms with Gasteiger partial charge in [-0.1, -0.05) is 6.07 Å². The molecule has 0 saturated carbocycles. The molecule has 0 bridgehead atoms. The van der Waals surface area contributed by atoms with Crippen LogP contribution in [0.15, 0.2) is 28.7 Å². The number of amides is 1. The molecule has 1 N–H and O–H groups in total. The van der Waals surface area contributed by atoms with Gasteiger partial charge < -0.3 is 14.5 Å². The second kappa shape index (κ2) is 8.35. The van der Waals surface area contributed by atoms with E-state index in [0.29, 0.717) is 12.4 Å². The van der Waals surface area contributed by atoms with E-state index in [9.17, 15) is 9.59 Å². The topological polar surface area (TPSA) is 84.7 Å². The molecule has 0 atom stereocenters. The Balaban J connectivity index is 1.51. The summed E-state index contributed by atoms with van der Waals surface area (Å²) >= 11 is 0. The monoisotopic (exact) mass is 371 g/mol. The zero-order valence-corrected chi connectivity index (χ0v) is 15.9. The van der Waals surface area contributed by atoms with Crippen molar-refractivity contribution in [3.8, 4) is 0 Å². The molecule has 1 saturated heterocycles. The van der Waals surface area contributed by atoms with E-state index >= 15 is 0 Å². The molecule has 1 aliphatic rings. The average molecular weight is 371 g/mol. The standard InChI is InChI=1S/C20H25N3O4/c1-13-11-16(27-18(13)20(25)26-3)12-23-9-7-15(8-10-23)19(24)22-17-6-4-5-14(2)21-17/h4-6,11,15H,7-10,12H2,1-3H3,(H,21,22,24). The first kappa shape index (κ1) is 19.1. The normalized spacial score (nSPS) is 15.5. The van der Waals surface area contributed by atoms with Crippen molar-refractivity contribution in [1.29, 1.82) is 0 Å². The molecule has 2 aromatic rings. The number of pyridine rings is 1. The van der Waals surface area contributed by atoms with Crippen LogP contribution in [0.1, 0.15) is 40.4 Å². The van der Waals surface area contributed by atoms with E-state index in [0.717, 1.165) is 42.9 Å². The van der Waals surface area contributed by atoms with Crippen LogP contribution in [0.3, 0.4) is 0 Å². The molecule has 0 radical (unpaired) electrons. The zero-order chi connectivity index (χ0) is 19.4. The number of methoxy groups -OCH3 is 1. The maximum atomic E-state index is 12.5. The number of anilines is 1. The number of carbonyl (C=O) groups excluding carboxylic acids is 2. The number of likely N-dealkylation sites (tertiary alicyclic amines) is 1. The van der Waals surface area contributed by atoms with Crippen LogP contribution in [0.25, 0.3) is 0 Å². The number of hydrogen-bond donors (Lipinski definition) is 1. The third kappa shape index (κ3) is 4.74. The van der Waals surface area contributed by atoms with E-state index in [1.165, 1.54) is 7.11 Å². The van der Waals surface area contributed by atoms with Crippen LogP contribution < -0.4 is 5.32 Å². The summed E-state index contributed by atoms with van der Waals surface area (Å²) in [5.74, 6) is 1.14. The Morgan fingerprint density at radius 1 is 1.30 bits per heavy atom. The second-order valence-electron chi connectivity index (χ2n) is 6.92. The fourth-order valence-electron chi connectivity index (χ4n) is 3.34. The molecule has 0 unspecified atom stereocenters. The van der Waals surface area contributed by atoms with Crippen LogP contribution in [0.4, 0.5) is 5.82 Å². The third-order valence-corrected chi connectivity index (χ3v) is 4.82. The molecule has 3 heterocycles. The van der Waals surface area contributed by atoms with Gasteiger partial charge in [-0.15, -0.1) is 0 Å². The van der Waals surface area contributed by atoms with Gasteiger partial charge in [0.05, 0.1) is 13.7 Å². The molecule has 0 aromatic carbocycles. The number of nitrogens with one attached hydrogen (secondary N) is 1. The lowest BCUT2D eigenvalue weighted by molar-refractivity contribution is -0.121. The number of carbonyl (C=O) groups is 2. The van der Waals surface area contributed by atoms with E-state index in [1.54, 1.807) is 6.07 Å². The lowest BCUT2D eigenvalue weighted by Crippen LogP contribution is -2.37. The van der Waals surface area contributed by atoms with Crippen molar-refractivity contribution in [2.75, 3.05) is 25.5 Å². The molecule has 7 nitrogen and oxygen atoms in total. The fraction of sp³-hybridized carbons (Fsp3) is 0.450. The molecular formula is C20H25N3O4. The maximum absolute atomic E-state index is 12.5. The summed E-state index contributed by atoms with van der Waals surface area (Å²) in [6.45, 7) is 5.94. The van der Waals surface area contributed by atoms with Crippen molar-refractivity contribution in [3.63, 3.8) is 0 Å². The first-order valence-electron chi connectivity index (χ1n) is 9.10. The second-order valence-corrected chi connectivity index (χ2v) is 6.92. The van der Waals surface area contributed by atoms with Crippen LogP contribution in [-0.4, -0.2) is 42.0 Å². The summed E-state index contributed by atoms with van der Waals surface area (Å²) in [7, 11) is 1.34. The predicted octanol–water partition coefficient (Wildman–Crippen LogP) is 2.93. The number of nitrogens with zero attached hydrogens (tertiary/aromatic N) is 2. The van der Waals surface area contributed by atoms with Crippen molar-refractivity contribution >= 4 is 17.7 Å². The molecule has 1 fully saturated rings. The summed E-state index contributed by atoms with van der Waals surface area (Å²) in [5, 5.41) is 2.91. The third-order valence-electron chi connectivity index (χ3n) is 4.82. The highest BCUT2D eigenvalue weighted by Gasteiger charge is 2.26. The number of piperidine rings is 1. The van der Waals surface area contributed by atoms with Gasteiger partial charge in [0.25, 0.3) is 0 Å². The molecule has 27 heavy (non-hydrogen) atoms. The largest absolute Gasteiger partial charge is 0.463 e. The minimum absolute atomic E-state index is 0.0208. The molecule has 0 spiro atoms. The lowest BCUT2D eigenvalue weighted by atomic mass is 9.96. The molecule has 0 aliphatic carbocycles. The van der Waals surface area contributed by atoms with Crippen LogP contribution in [0.5, 0.6) is 0 Å². The molecule has 1 aliphatic heterocycles. The quantitative estimate of drug-likeness (QED) is 0.814. The van der Waals surface area contributed by atoms with E-state index in [4.69, 9.17) is 9.15 Å². The van der Waals surface area contributed by atoms with Gasteiger partial charge in [-0.25, -0.2) is 9.78 Å². The first-order chi connectivity index (χ1) is 13.0. The Morgan fingerprint density at radius 2 is 2.04 bits per heavy atom. The number of furan rings is 1. The number of aryl methyl sites for hydroxylation is 2. The van der Waals surface area contributed by atoms with Gasteiger partial charge in [-0.3, -0.25) is 9.69 Å².